The van der Waals surface area contributed by atoms with Crippen molar-refractivity contribution in [3.05, 3.63) is 88.4 Å². The van der Waals surface area contributed by atoms with E-state index < -0.39 is 25.0 Å². The first-order chi connectivity index (χ1) is 35.6. The van der Waals surface area contributed by atoms with E-state index in [9.17, 15) is 19.4 Å². The van der Waals surface area contributed by atoms with Crippen LogP contribution in [0.2, 0.25) is 0 Å². The highest BCUT2D eigenvalue weighted by Gasteiger charge is 2.33. The molecule has 0 bridgehead atoms. The summed E-state index contributed by atoms with van der Waals surface area (Å²) >= 11 is 0. The maximum atomic E-state index is 12.9. The number of hydrogen-bond acceptors (Lipinski definition) is 18. The van der Waals surface area contributed by atoms with E-state index in [0.29, 0.717) is 131 Å². The van der Waals surface area contributed by atoms with Gasteiger partial charge in [0, 0.05) is 93.7 Å². The van der Waals surface area contributed by atoms with E-state index in [-0.39, 0.29) is 19.8 Å². The summed E-state index contributed by atoms with van der Waals surface area (Å²) in [5.74, 6) is 4.03. The van der Waals surface area contributed by atoms with Crippen LogP contribution >= 0.6 is 0 Å². The lowest BCUT2D eigenvalue weighted by Gasteiger charge is -2.35. The highest BCUT2D eigenvalue weighted by atomic mass is 19.1. The molecule has 7 aromatic rings. The van der Waals surface area contributed by atoms with Crippen LogP contribution in [0, 0.1) is 48.5 Å². The molecule has 1 saturated heterocycles. The van der Waals surface area contributed by atoms with Crippen LogP contribution in [0.15, 0.2) is 57.6 Å². The van der Waals surface area contributed by atoms with Gasteiger partial charge in [0.1, 0.15) is 73.2 Å². The zero-order chi connectivity index (χ0) is 52.8. The Balaban J connectivity index is 1.25. The summed E-state index contributed by atoms with van der Waals surface area (Å²) in [6.45, 7) is 14.6. The van der Waals surface area contributed by atoms with Crippen LogP contribution in [-0.4, -0.2) is 148 Å². The molecule has 21 nitrogen and oxygen atoms in total. The molecule has 0 radical (unpaired) electrons. The standard InChI is InChI=1S/C52H65FN13O8/c1-29-47(59-49(36-12-11-13-41(21-36)71-27-39(67)25-54-8)60-51(29)64-15-17-65(18-16-64)52(69)70-19-14-53)46-32(4)66(74-35(46)7)38-20-37(22-42(23-38)72-28-40(68)26-55-9)50-56-43(45-30(2)62-73-34(45)6)24-44(58-50)57-48-31(3)61-63(10)33(48)5/h11-13,20-24,39-40,54-55,67-68H,14-19,25-28H2,1-10H3,(H,56,57,58)/q+1. The highest BCUT2D eigenvalue weighted by molar-refractivity contribution is 5.76. The number of aliphatic hydroxyl groups excluding tert-OH is 2. The molecule has 1 fully saturated rings. The first-order valence-corrected chi connectivity index (χ1v) is 24.5. The van der Waals surface area contributed by atoms with Gasteiger partial charge < -0.3 is 54.7 Å². The normalized spacial score (nSPS) is 13.6. The number of hydrogen-bond donors (Lipinski definition) is 5. The van der Waals surface area contributed by atoms with E-state index in [2.05, 4.69) is 31.1 Å². The number of likely N-dealkylation sites (N-methyl/N-ethyl adjacent to an activating group) is 2. The van der Waals surface area contributed by atoms with Gasteiger partial charge in [-0.3, -0.25) is 4.68 Å². The third-order valence-electron chi connectivity index (χ3n) is 12.8. The number of rotatable bonds is 20. The summed E-state index contributed by atoms with van der Waals surface area (Å²) in [5, 5.41) is 39.4. The highest BCUT2D eigenvalue weighted by Crippen LogP contribution is 2.37. The molecule has 6 heterocycles. The molecule has 0 saturated carbocycles. The molecular formula is C52H65FN13O8+. The zero-order valence-electron chi connectivity index (χ0n) is 43.5. The Bertz CT molecular complexity index is 3090. The number of benzene rings is 2. The molecule has 22 heteroatoms. The third kappa shape index (κ3) is 11.6. The molecule has 1 amide bonds. The van der Waals surface area contributed by atoms with Gasteiger partial charge >= 0.3 is 6.09 Å². The molecule has 2 aromatic carbocycles. The summed E-state index contributed by atoms with van der Waals surface area (Å²) < 4.78 is 46.1. The number of aromatic nitrogens is 8. The predicted molar refractivity (Wildman–Crippen MR) is 275 cm³/mol. The van der Waals surface area contributed by atoms with Gasteiger partial charge in [0.2, 0.25) is 5.69 Å². The summed E-state index contributed by atoms with van der Waals surface area (Å²) in [5.41, 5.74) is 9.12. The molecule has 8 rings (SSSR count). The Hall–Kier alpha value is -7.53. The van der Waals surface area contributed by atoms with Gasteiger partial charge in [0.25, 0.3) is 5.69 Å². The van der Waals surface area contributed by atoms with Crippen molar-refractivity contribution < 1.29 is 47.4 Å². The average Bonchev–Trinajstić information content (AvgIpc) is 3.98. The number of halogens is 1. The largest absolute Gasteiger partial charge is 0.491 e. The maximum Gasteiger partial charge on any atom is 0.409 e. The van der Waals surface area contributed by atoms with Crippen molar-refractivity contribution in [2.24, 2.45) is 7.05 Å². The van der Waals surface area contributed by atoms with Gasteiger partial charge in [-0.1, -0.05) is 17.3 Å². The lowest BCUT2D eigenvalue weighted by molar-refractivity contribution is -0.789. The Morgan fingerprint density at radius 2 is 1.50 bits per heavy atom. The van der Waals surface area contributed by atoms with Gasteiger partial charge in [0.15, 0.2) is 17.4 Å². The predicted octanol–water partition coefficient (Wildman–Crippen LogP) is 5.57. The fourth-order valence-electron chi connectivity index (χ4n) is 9.01. The fraction of sp³-hybridized carbons (Fsp3) is 0.423. The molecule has 2 unspecified atom stereocenters. The van der Waals surface area contributed by atoms with Crippen molar-refractivity contribution >= 4 is 23.4 Å². The van der Waals surface area contributed by atoms with E-state index in [4.69, 9.17) is 43.2 Å². The lowest BCUT2D eigenvalue weighted by atomic mass is 10.0. The molecule has 0 spiro atoms. The van der Waals surface area contributed by atoms with E-state index in [0.717, 1.165) is 28.2 Å². The van der Waals surface area contributed by atoms with Crippen molar-refractivity contribution in [3.63, 3.8) is 0 Å². The van der Waals surface area contributed by atoms with Gasteiger partial charge in [-0.2, -0.15) is 5.10 Å². The number of piperazine rings is 1. The molecule has 1 aliphatic rings. The topological polar surface area (TPSA) is 240 Å². The van der Waals surface area contributed by atoms with Gasteiger partial charge in [-0.05, 0) is 66.9 Å². The fourth-order valence-corrected chi connectivity index (χ4v) is 9.01. The summed E-state index contributed by atoms with van der Waals surface area (Å²) in [6, 6.07) is 14.8. The van der Waals surface area contributed by atoms with Gasteiger partial charge in [0.05, 0.1) is 45.8 Å². The number of amides is 1. The molecule has 5 aromatic heterocycles. The minimum atomic E-state index is -0.806. The average molecular weight is 1020 g/mol. The second kappa shape index (κ2) is 23.1. The van der Waals surface area contributed by atoms with E-state index >= 15 is 0 Å². The number of nitrogens with zero attached hydrogens (tertiary/aromatic N) is 10. The number of ether oxygens (including phenoxy) is 3. The van der Waals surface area contributed by atoms with Crippen molar-refractivity contribution in [1.82, 2.24) is 50.4 Å². The van der Waals surface area contributed by atoms with Crippen LogP contribution in [0.4, 0.5) is 26.5 Å². The SMILES string of the molecule is CNCC(O)COc1cccc(-c2nc(-c3c(C)o[n+](-c4cc(OCC(O)CNC)cc(-c5nc(Nc6c(C)nn(C)c6C)cc(-c6c(C)noc6C)n5)c4)c3C)c(C)c(N3CCN(C(=O)OCCF)CC3)n2)c1. The molecule has 2 atom stereocenters. The molecule has 1 aliphatic heterocycles. The minimum Gasteiger partial charge on any atom is -0.491 e. The van der Waals surface area contributed by atoms with E-state index in [1.54, 1.807) is 23.7 Å². The number of alkyl halides is 1. The minimum absolute atomic E-state index is 0.0102. The van der Waals surface area contributed by atoms with Gasteiger partial charge in [-0.15, -0.1) is 0 Å². The van der Waals surface area contributed by atoms with Crippen molar-refractivity contribution in [3.8, 4) is 62.5 Å². The molecule has 0 aliphatic carbocycles. The Morgan fingerprint density at radius 3 is 2.15 bits per heavy atom. The lowest BCUT2D eigenvalue weighted by Crippen LogP contribution is -2.49. The van der Waals surface area contributed by atoms with Crippen molar-refractivity contribution in [1.29, 1.82) is 0 Å². The van der Waals surface area contributed by atoms with Crippen molar-refractivity contribution in [2.75, 3.05) is 90.1 Å². The number of carbonyl (C=O) groups excluding carboxylic acids is 1. The molecule has 392 valence electrons. The quantitative estimate of drug-likeness (QED) is 0.0586. The van der Waals surface area contributed by atoms with E-state index in [1.807, 2.05) is 109 Å². The smallest absolute Gasteiger partial charge is 0.409 e. The number of anilines is 3. The molecule has 74 heavy (non-hydrogen) atoms. The summed E-state index contributed by atoms with van der Waals surface area (Å²) in [7, 11) is 5.41. The molecular weight excluding hydrogens is 954 g/mol. The Labute approximate surface area is 428 Å². The second-order valence-corrected chi connectivity index (χ2v) is 18.3. The summed E-state index contributed by atoms with van der Waals surface area (Å²) in [4.78, 5) is 36.9. The van der Waals surface area contributed by atoms with Crippen molar-refractivity contribution in [2.45, 2.75) is 60.7 Å². The number of nitrogens with one attached hydrogen (secondary N) is 3. The van der Waals surface area contributed by atoms with Crippen LogP contribution in [0.25, 0.3) is 51.0 Å². The summed E-state index contributed by atoms with van der Waals surface area (Å²) in [6.07, 6.45) is -2.09. The Kier molecular flexibility index (Phi) is 16.5. The second-order valence-electron chi connectivity index (χ2n) is 18.3. The van der Waals surface area contributed by atoms with Crippen LogP contribution in [0.3, 0.4) is 0 Å². The van der Waals surface area contributed by atoms with Crippen LogP contribution < -0.4 is 35.1 Å². The van der Waals surface area contributed by atoms with Crippen LogP contribution in [0.1, 0.15) is 39.9 Å². The maximum absolute atomic E-state index is 12.9. The van der Waals surface area contributed by atoms with Gasteiger partial charge in [-0.25, -0.2) is 33.6 Å². The van der Waals surface area contributed by atoms with Crippen LogP contribution in [0.5, 0.6) is 11.5 Å². The number of carbonyl (C=O) groups is 1. The third-order valence-corrected chi connectivity index (χ3v) is 12.8. The number of aryl methyl sites for hydroxylation is 5. The van der Waals surface area contributed by atoms with Crippen LogP contribution in [-0.2, 0) is 11.8 Å². The first-order valence-electron chi connectivity index (χ1n) is 24.5. The van der Waals surface area contributed by atoms with E-state index in [1.165, 1.54) is 0 Å². The first kappa shape index (κ1) is 52.8. The monoisotopic (exact) mass is 1020 g/mol. The molecule has 5 N–H and O–H groups in total. The Morgan fingerprint density at radius 1 is 0.811 bits per heavy atom. The zero-order valence-corrected chi connectivity index (χ0v) is 43.5. The number of aliphatic hydroxyl groups is 2.